The summed E-state index contributed by atoms with van der Waals surface area (Å²) in [6, 6.07) is 0. The Balaban J connectivity index is 2.48. The molecule has 1 aromatic rings. The van der Waals surface area contributed by atoms with E-state index in [9.17, 15) is 0 Å². The lowest BCUT2D eigenvalue weighted by atomic mass is 10.3. The highest BCUT2D eigenvalue weighted by atomic mass is 16.5. The molecule has 4 nitrogen and oxygen atoms in total. The van der Waals surface area contributed by atoms with Gasteiger partial charge < -0.3 is 15.0 Å². The summed E-state index contributed by atoms with van der Waals surface area (Å²) in [4.78, 5) is 7.47. The van der Waals surface area contributed by atoms with Crippen LogP contribution in [0.1, 0.15) is 18.4 Å². The fraction of sp³-hybridized carbons (Fsp3) is 0.667. The van der Waals surface area contributed by atoms with Crippen molar-refractivity contribution in [2.75, 3.05) is 14.2 Å². The molecule has 4 heteroatoms. The number of ether oxygens (including phenoxy) is 1. The van der Waals surface area contributed by atoms with E-state index in [2.05, 4.69) is 15.3 Å². The van der Waals surface area contributed by atoms with E-state index in [0.717, 1.165) is 24.5 Å². The molecule has 0 aromatic carbocycles. The number of nitrogens with one attached hydrogen (secondary N) is 2. The third kappa shape index (κ3) is 3.16. The largest absolute Gasteiger partial charge is 0.381 e. The molecule has 0 aliphatic rings. The van der Waals surface area contributed by atoms with E-state index < -0.39 is 0 Å². The number of aromatic nitrogens is 2. The first-order valence-electron chi connectivity index (χ1n) is 4.46. The lowest BCUT2D eigenvalue weighted by Crippen LogP contribution is -2.10. The first-order chi connectivity index (χ1) is 6.26. The van der Waals surface area contributed by atoms with Crippen LogP contribution in [0, 0.1) is 0 Å². The molecule has 0 spiro atoms. The molecule has 0 bridgehead atoms. The molecular weight excluding hydrogens is 166 g/mol. The van der Waals surface area contributed by atoms with Crippen molar-refractivity contribution in [3.8, 4) is 0 Å². The van der Waals surface area contributed by atoms with Gasteiger partial charge in [0.05, 0.1) is 6.10 Å². The van der Waals surface area contributed by atoms with Crippen LogP contribution in [-0.4, -0.2) is 30.2 Å². The third-order valence-corrected chi connectivity index (χ3v) is 1.93. The lowest BCUT2D eigenvalue weighted by Gasteiger charge is -2.05. The molecular formula is C9H17N3O. The van der Waals surface area contributed by atoms with E-state index in [-0.39, 0.29) is 6.10 Å². The average molecular weight is 183 g/mol. The fourth-order valence-electron chi connectivity index (χ4n) is 1.15. The summed E-state index contributed by atoms with van der Waals surface area (Å²) in [5.74, 6) is 0.986. The van der Waals surface area contributed by atoms with Crippen LogP contribution in [0.5, 0.6) is 0 Å². The van der Waals surface area contributed by atoms with Gasteiger partial charge >= 0.3 is 0 Å². The Morgan fingerprint density at radius 2 is 2.46 bits per heavy atom. The first-order valence-corrected chi connectivity index (χ1v) is 4.46. The van der Waals surface area contributed by atoms with Gasteiger partial charge in [-0.15, -0.1) is 0 Å². The van der Waals surface area contributed by atoms with Crippen LogP contribution in [0.3, 0.4) is 0 Å². The second kappa shape index (κ2) is 4.99. The monoisotopic (exact) mass is 183 g/mol. The summed E-state index contributed by atoms with van der Waals surface area (Å²) in [5, 5.41) is 3.06. The molecule has 0 fully saturated rings. The molecule has 74 valence electrons. The summed E-state index contributed by atoms with van der Waals surface area (Å²) in [7, 11) is 3.63. The van der Waals surface area contributed by atoms with Crippen molar-refractivity contribution in [2.24, 2.45) is 0 Å². The number of aromatic amines is 1. The predicted molar refractivity (Wildman–Crippen MR) is 51.5 cm³/mol. The second-order valence-electron chi connectivity index (χ2n) is 3.14. The molecule has 2 N–H and O–H groups in total. The molecule has 1 aromatic heterocycles. The first kappa shape index (κ1) is 10.2. The van der Waals surface area contributed by atoms with Crippen LogP contribution >= 0.6 is 0 Å². The highest BCUT2D eigenvalue weighted by Gasteiger charge is 2.04. The van der Waals surface area contributed by atoms with Crippen molar-refractivity contribution in [1.29, 1.82) is 0 Å². The van der Waals surface area contributed by atoms with Crippen LogP contribution in [0.15, 0.2) is 6.20 Å². The van der Waals surface area contributed by atoms with Gasteiger partial charge in [0, 0.05) is 32.0 Å². The Kier molecular flexibility index (Phi) is 3.92. The Hall–Kier alpha value is -0.870. The maximum atomic E-state index is 5.15. The van der Waals surface area contributed by atoms with E-state index in [0.29, 0.717) is 0 Å². The van der Waals surface area contributed by atoms with Crippen molar-refractivity contribution >= 4 is 0 Å². The van der Waals surface area contributed by atoms with Crippen LogP contribution in [-0.2, 0) is 17.7 Å². The standard InChI is InChI=1S/C9H17N3O/c1-7(13-3)4-9-11-6-8(12-9)5-10-2/h6-7,10H,4-5H2,1-3H3,(H,11,12). The van der Waals surface area contributed by atoms with E-state index in [1.807, 2.05) is 20.2 Å². The van der Waals surface area contributed by atoms with Crippen molar-refractivity contribution in [1.82, 2.24) is 15.3 Å². The van der Waals surface area contributed by atoms with Gasteiger partial charge in [-0.25, -0.2) is 4.98 Å². The van der Waals surface area contributed by atoms with Crippen LogP contribution in [0.25, 0.3) is 0 Å². The van der Waals surface area contributed by atoms with E-state index in [4.69, 9.17) is 4.74 Å². The normalized spacial score (nSPS) is 13.2. The fourth-order valence-corrected chi connectivity index (χ4v) is 1.15. The van der Waals surface area contributed by atoms with Gasteiger partial charge in [0.15, 0.2) is 0 Å². The number of nitrogens with zero attached hydrogens (tertiary/aromatic N) is 1. The molecule has 13 heavy (non-hydrogen) atoms. The van der Waals surface area contributed by atoms with Gasteiger partial charge in [0.2, 0.25) is 0 Å². The Morgan fingerprint density at radius 1 is 1.69 bits per heavy atom. The smallest absolute Gasteiger partial charge is 0.108 e. The molecule has 1 unspecified atom stereocenters. The second-order valence-corrected chi connectivity index (χ2v) is 3.14. The minimum atomic E-state index is 0.216. The predicted octanol–water partition coefficient (Wildman–Crippen LogP) is 0.706. The molecule has 0 amide bonds. The highest BCUT2D eigenvalue weighted by Crippen LogP contribution is 2.01. The SMILES string of the molecule is CNCc1cnc(CC(C)OC)[nH]1. The topological polar surface area (TPSA) is 49.9 Å². The van der Waals surface area contributed by atoms with E-state index >= 15 is 0 Å². The molecule has 0 aliphatic heterocycles. The number of rotatable bonds is 5. The maximum Gasteiger partial charge on any atom is 0.108 e. The molecule has 1 heterocycles. The van der Waals surface area contributed by atoms with Gasteiger partial charge in [-0.05, 0) is 14.0 Å². The zero-order chi connectivity index (χ0) is 9.68. The Labute approximate surface area is 78.7 Å². The van der Waals surface area contributed by atoms with Gasteiger partial charge in [-0.1, -0.05) is 0 Å². The number of H-pyrrole nitrogens is 1. The number of imidazole rings is 1. The maximum absolute atomic E-state index is 5.15. The zero-order valence-corrected chi connectivity index (χ0v) is 8.42. The summed E-state index contributed by atoms with van der Waals surface area (Å²) < 4.78 is 5.15. The van der Waals surface area contributed by atoms with E-state index in [1.54, 1.807) is 7.11 Å². The summed E-state index contributed by atoms with van der Waals surface area (Å²) in [6.45, 7) is 2.86. The quantitative estimate of drug-likeness (QED) is 0.706. The zero-order valence-electron chi connectivity index (χ0n) is 8.42. The van der Waals surface area contributed by atoms with Crippen molar-refractivity contribution < 1.29 is 4.74 Å². The van der Waals surface area contributed by atoms with Crippen molar-refractivity contribution in [3.05, 3.63) is 17.7 Å². The molecule has 1 rings (SSSR count). The number of hydrogen-bond acceptors (Lipinski definition) is 3. The molecule has 0 saturated carbocycles. The summed E-state index contributed by atoms with van der Waals surface area (Å²) in [5.41, 5.74) is 1.11. The Bertz CT molecular complexity index is 247. The minimum Gasteiger partial charge on any atom is -0.381 e. The van der Waals surface area contributed by atoms with Gasteiger partial charge in [-0.3, -0.25) is 0 Å². The average Bonchev–Trinajstić information content (AvgIpc) is 2.53. The summed E-state index contributed by atoms with van der Waals surface area (Å²) >= 11 is 0. The van der Waals surface area contributed by atoms with Crippen molar-refractivity contribution in [2.45, 2.75) is 26.0 Å². The van der Waals surface area contributed by atoms with Crippen LogP contribution in [0.2, 0.25) is 0 Å². The minimum absolute atomic E-state index is 0.216. The summed E-state index contributed by atoms with van der Waals surface area (Å²) in [6.07, 6.45) is 2.91. The van der Waals surface area contributed by atoms with Crippen LogP contribution < -0.4 is 5.32 Å². The Morgan fingerprint density at radius 3 is 3.08 bits per heavy atom. The van der Waals surface area contributed by atoms with Gasteiger partial charge in [0.25, 0.3) is 0 Å². The van der Waals surface area contributed by atoms with Crippen molar-refractivity contribution in [3.63, 3.8) is 0 Å². The molecule has 0 aliphatic carbocycles. The van der Waals surface area contributed by atoms with Crippen LogP contribution in [0.4, 0.5) is 0 Å². The highest BCUT2D eigenvalue weighted by molar-refractivity contribution is 5.01. The van der Waals surface area contributed by atoms with Gasteiger partial charge in [-0.2, -0.15) is 0 Å². The molecule has 0 radical (unpaired) electrons. The van der Waals surface area contributed by atoms with Gasteiger partial charge in [0.1, 0.15) is 5.82 Å². The number of hydrogen-bond donors (Lipinski definition) is 2. The molecule has 1 atom stereocenters. The van der Waals surface area contributed by atoms with E-state index in [1.165, 1.54) is 0 Å². The lowest BCUT2D eigenvalue weighted by molar-refractivity contribution is 0.117. The molecule has 0 saturated heterocycles. The third-order valence-electron chi connectivity index (χ3n) is 1.93. The number of methoxy groups -OCH3 is 1.